The fourth-order valence-corrected chi connectivity index (χ4v) is 3.31. The molecule has 0 spiro atoms. The topological polar surface area (TPSA) is 97.4 Å². The molecule has 0 aliphatic rings. The number of anilines is 2. The molecule has 2 aromatic carbocycles. The smallest absolute Gasteiger partial charge is 0.341 e. The van der Waals surface area contributed by atoms with E-state index in [1.165, 1.54) is 54.7 Å². The first-order chi connectivity index (χ1) is 15.4. The van der Waals surface area contributed by atoms with Crippen molar-refractivity contribution >= 4 is 40.9 Å². The van der Waals surface area contributed by atoms with Gasteiger partial charge in [0.15, 0.2) is 6.61 Å². The van der Waals surface area contributed by atoms with Crippen LogP contribution < -0.4 is 10.6 Å². The summed E-state index contributed by atoms with van der Waals surface area (Å²) >= 11 is 0.985. The third kappa shape index (κ3) is 6.88. The summed E-state index contributed by atoms with van der Waals surface area (Å²) in [7, 11) is 0. The van der Waals surface area contributed by atoms with Gasteiger partial charge in [-0.15, -0.1) is 0 Å². The highest BCUT2D eigenvalue weighted by Crippen LogP contribution is 2.21. The van der Waals surface area contributed by atoms with Crippen LogP contribution in [0, 0.1) is 11.6 Å². The van der Waals surface area contributed by atoms with Gasteiger partial charge in [-0.3, -0.25) is 9.59 Å². The van der Waals surface area contributed by atoms with E-state index in [0.29, 0.717) is 5.69 Å². The molecule has 1 heterocycles. The molecular weight excluding hydrogens is 440 g/mol. The molecule has 0 aliphatic heterocycles. The van der Waals surface area contributed by atoms with Gasteiger partial charge in [-0.05, 0) is 48.5 Å². The molecule has 0 aliphatic carbocycles. The Morgan fingerprint density at radius 1 is 0.875 bits per heavy atom. The van der Waals surface area contributed by atoms with Crippen LogP contribution in [0.2, 0.25) is 0 Å². The number of aromatic nitrogens is 1. The second-order valence-electron chi connectivity index (χ2n) is 6.34. The number of nitrogens with zero attached hydrogens (tertiary/aromatic N) is 1. The molecule has 0 fully saturated rings. The molecule has 164 valence electrons. The summed E-state index contributed by atoms with van der Waals surface area (Å²) < 4.78 is 31.4. The molecular formula is C22H17F2N3O4S. The third-order valence-corrected chi connectivity index (χ3v) is 4.89. The summed E-state index contributed by atoms with van der Waals surface area (Å²) in [6.07, 6.45) is 1.44. The van der Waals surface area contributed by atoms with Gasteiger partial charge >= 0.3 is 5.97 Å². The minimum Gasteiger partial charge on any atom is -0.452 e. The van der Waals surface area contributed by atoms with E-state index >= 15 is 0 Å². The van der Waals surface area contributed by atoms with Gasteiger partial charge in [-0.2, -0.15) is 0 Å². The van der Waals surface area contributed by atoms with Crippen LogP contribution in [-0.2, 0) is 14.3 Å². The van der Waals surface area contributed by atoms with Crippen molar-refractivity contribution in [2.45, 2.75) is 5.03 Å². The van der Waals surface area contributed by atoms with Gasteiger partial charge in [-0.1, -0.05) is 23.9 Å². The number of ether oxygens (including phenoxy) is 1. The Hall–Kier alpha value is -3.79. The van der Waals surface area contributed by atoms with E-state index in [9.17, 15) is 23.2 Å². The molecule has 3 aromatic rings. The van der Waals surface area contributed by atoms with Crippen molar-refractivity contribution in [2.24, 2.45) is 0 Å². The van der Waals surface area contributed by atoms with E-state index in [1.807, 2.05) is 0 Å². The molecule has 10 heteroatoms. The van der Waals surface area contributed by atoms with Crippen LogP contribution in [-0.4, -0.2) is 35.1 Å². The predicted octanol–water partition coefficient (Wildman–Crippen LogP) is 3.89. The van der Waals surface area contributed by atoms with Crippen LogP contribution in [0.25, 0.3) is 0 Å². The van der Waals surface area contributed by atoms with Gasteiger partial charge in [-0.25, -0.2) is 18.6 Å². The van der Waals surface area contributed by atoms with Gasteiger partial charge in [0.1, 0.15) is 16.7 Å². The maximum atomic E-state index is 13.2. The summed E-state index contributed by atoms with van der Waals surface area (Å²) in [5, 5.41) is 5.19. The maximum absolute atomic E-state index is 13.2. The fraction of sp³-hybridized carbons (Fsp3) is 0.0909. The summed E-state index contributed by atoms with van der Waals surface area (Å²) in [5.41, 5.74) is 0.614. The average molecular weight is 457 g/mol. The quantitative estimate of drug-likeness (QED) is 0.394. The number of carbonyl (C=O) groups is 3. The van der Waals surface area contributed by atoms with E-state index in [0.717, 1.165) is 17.8 Å². The van der Waals surface area contributed by atoms with Crippen LogP contribution in [0.3, 0.4) is 0 Å². The Morgan fingerprint density at radius 2 is 1.50 bits per heavy atom. The molecule has 3 rings (SSSR count). The lowest BCUT2D eigenvalue weighted by atomic mass is 10.3. The average Bonchev–Trinajstić information content (AvgIpc) is 2.76. The number of carbonyl (C=O) groups excluding carboxylic acids is 3. The lowest BCUT2D eigenvalue weighted by Gasteiger charge is -2.09. The van der Waals surface area contributed by atoms with Gasteiger partial charge in [0.25, 0.3) is 5.91 Å². The molecule has 0 saturated heterocycles. The van der Waals surface area contributed by atoms with Crippen LogP contribution >= 0.6 is 11.8 Å². The maximum Gasteiger partial charge on any atom is 0.341 e. The van der Waals surface area contributed by atoms with Gasteiger partial charge in [0.2, 0.25) is 5.91 Å². The number of thioether (sulfide) groups is 1. The van der Waals surface area contributed by atoms with Crippen LogP contribution in [0.4, 0.5) is 20.2 Å². The Morgan fingerprint density at radius 3 is 2.12 bits per heavy atom. The van der Waals surface area contributed by atoms with E-state index in [-0.39, 0.29) is 22.0 Å². The van der Waals surface area contributed by atoms with Crippen LogP contribution in [0.1, 0.15) is 10.4 Å². The number of rotatable bonds is 8. The molecule has 0 bridgehead atoms. The molecule has 32 heavy (non-hydrogen) atoms. The first-order valence-electron chi connectivity index (χ1n) is 9.26. The Kier molecular flexibility index (Phi) is 7.87. The standard InChI is InChI=1S/C22H17F2N3O4S/c23-14-4-1-6-16(10-14)26-19(28)12-31-22(30)18-8-3-9-25-21(18)32-13-20(29)27-17-7-2-5-15(24)11-17/h1-11H,12-13H2,(H,26,28)(H,27,29). The highest BCUT2D eigenvalue weighted by atomic mass is 32.2. The summed E-state index contributed by atoms with van der Waals surface area (Å²) in [5.74, 6) is -2.95. The lowest BCUT2D eigenvalue weighted by molar-refractivity contribution is -0.119. The van der Waals surface area contributed by atoms with Crippen molar-refractivity contribution in [3.63, 3.8) is 0 Å². The zero-order valence-corrected chi connectivity index (χ0v) is 17.3. The molecule has 0 radical (unpaired) electrons. The Balaban J connectivity index is 1.53. The second-order valence-corrected chi connectivity index (χ2v) is 7.30. The molecule has 0 unspecified atom stereocenters. The molecule has 1 aromatic heterocycles. The number of benzene rings is 2. The zero-order chi connectivity index (χ0) is 22.9. The van der Waals surface area contributed by atoms with Crippen molar-refractivity contribution in [3.8, 4) is 0 Å². The molecule has 2 amide bonds. The largest absolute Gasteiger partial charge is 0.452 e. The van der Waals surface area contributed by atoms with Gasteiger partial charge in [0.05, 0.1) is 11.3 Å². The second kappa shape index (κ2) is 11.0. The number of hydrogen-bond acceptors (Lipinski definition) is 6. The normalized spacial score (nSPS) is 10.3. The Bertz CT molecular complexity index is 1140. The van der Waals surface area contributed by atoms with Crippen LogP contribution in [0.5, 0.6) is 0 Å². The highest BCUT2D eigenvalue weighted by Gasteiger charge is 2.17. The number of amides is 2. The first kappa shape index (κ1) is 22.9. The minimum atomic E-state index is -0.805. The van der Waals surface area contributed by atoms with Gasteiger partial charge < -0.3 is 15.4 Å². The molecule has 0 atom stereocenters. The number of halogens is 2. The number of pyridine rings is 1. The van der Waals surface area contributed by atoms with E-state index in [2.05, 4.69) is 15.6 Å². The Labute approximate surface area is 186 Å². The highest BCUT2D eigenvalue weighted by molar-refractivity contribution is 8.00. The monoisotopic (exact) mass is 457 g/mol. The number of hydrogen-bond donors (Lipinski definition) is 2. The summed E-state index contributed by atoms with van der Waals surface area (Å²) in [6.45, 7) is -0.589. The minimum absolute atomic E-state index is 0.0783. The molecule has 7 nitrogen and oxygen atoms in total. The SMILES string of the molecule is O=C(COC(=O)c1cccnc1SCC(=O)Nc1cccc(F)c1)Nc1cccc(F)c1. The van der Waals surface area contributed by atoms with Crippen molar-refractivity contribution in [3.05, 3.63) is 84.1 Å². The van der Waals surface area contributed by atoms with Gasteiger partial charge in [0, 0.05) is 17.6 Å². The third-order valence-electron chi connectivity index (χ3n) is 3.88. The van der Waals surface area contributed by atoms with E-state index in [4.69, 9.17) is 4.74 Å². The zero-order valence-electron chi connectivity index (χ0n) is 16.5. The van der Waals surface area contributed by atoms with E-state index in [1.54, 1.807) is 6.07 Å². The summed E-state index contributed by atoms with van der Waals surface area (Å²) in [4.78, 5) is 40.5. The number of esters is 1. The molecule has 2 N–H and O–H groups in total. The number of nitrogens with one attached hydrogen (secondary N) is 2. The summed E-state index contributed by atoms with van der Waals surface area (Å²) in [6, 6.07) is 13.7. The van der Waals surface area contributed by atoms with Crippen molar-refractivity contribution in [1.29, 1.82) is 0 Å². The molecule has 0 saturated carbocycles. The van der Waals surface area contributed by atoms with Crippen LogP contribution in [0.15, 0.2) is 71.9 Å². The fourth-order valence-electron chi connectivity index (χ4n) is 2.53. The van der Waals surface area contributed by atoms with Crippen molar-refractivity contribution < 1.29 is 27.9 Å². The first-order valence-corrected chi connectivity index (χ1v) is 10.2. The van der Waals surface area contributed by atoms with Crippen molar-refractivity contribution in [1.82, 2.24) is 4.98 Å². The van der Waals surface area contributed by atoms with Crippen molar-refractivity contribution in [2.75, 3.05) is 23.0 Å². The predicted molar refractivity (Wildman–Crippen MR) is 115 cm³/mol. The lowest BCUT2D eigenvalue weighted by Crippen LogP contribution is -2.21. The van der Waals surface area contributed by atoms with E-state index < -0.39 is 36.0 Å².